The summed E-state index contributed by atoms with van der Waals surface area (Å²) in [6.07, 6.45) is 25.2. The Bertz CT molecular complexity index is 2010. The van der Waals surface area contributed by atoms with Gasteiger partial charge in [-0.25, -0.2) is 4.79 Å². The molecule has 556 valence electrons. The molecule has 18 atom stereocenters. The number of aliphatic hydroxyl groups is 11. The number of hydrogen-bond acceptors (Lipinski definition) is 20. The summed E-state index contributed by atoms with van der Waals surface area (Å²) in [7, 11) is 0. The topological polar surface area (TPSA) is 373 Å². The molecule has 3 aliphatic heterocycles. The minimum Gasteiger partial charge on any atom is -0.477 e. The van der Waals surface area contributed by atoms with E-state index in [2.05, 4.69) is 36.6 Å². The van der Waals surface area contributed by atoms with Gasteiger partial charge < -0.3 is 100 Å². The number of carbonyl (C=O) groups excluding carboxylic acids is 2. The second-order valence-corrected chi connectivity index (χ2v) is 27.2. The molecule has 23 nitrogen and oxygen atoms in total. The highest BCUT2D eigenvalue weighted by Crippen LogP contribution is 2.39. The van der Waals surface area contributed by atoms with Gasteiger partial charge in [0, 0.05) is 19.8 Å². The molecule has 23 heteroatoms. The molecule has 0 aliphatic carbocycles. The maximum Gasteiger partial charge on any atom is 0.364 e. The highest BCUT2D eigenvalue weighted by Gasteiger charge is 2.60. The van der Waals surface area contributed by atoms with E-state index >= 15 is 0 Å². The Morgan fingerprint density at radius 1 is 0.547 bits per heavy atom. The van der Waals surface area contributed by atoms with Crippen LogP contribution in [0.5, 0.6) is 0 Å². The second kappa shape index (κ2) is 52.2. The third-order valence-electron chi connectivity index (χ3n) is 18.9. The summed E-state index contributed by atoms with van der Waals surface area (Å²) in [5.74, 6) is -6.14. The van der Waals surface area contributed by atoms with Crippen molar-refractivity contribution in [1.29, 1.82) is 0 Å². The first-order chi connectivity index (χ1) is 45.9. The van der Waals surface area contributed by atoms with Gasteiger partial charge in [-0.15, -0.1) is 0 Å². The van der Waals surface area contributed by atoms with Crippen LogP contribution >= 0.6 is 0 Å². The van der Waals surface area contributed by atoms with E-state index in [1.54, 1.807) is 6.08 Å². The largest absolute Gasteiger partial charge is 0.477 e. The van der Waals surface area contributed by atoms with Crippen LogP contribution in [0.2, 0.25) is 0 Å². The molecule has 0 radical (unpaired) electrons. The van der Waals surface area contributed by atoms with Gasteiger partial charge in [-0.2, -0.15) is 0 Å². The molecule has 3 heterocycles. The number of allylic oxidation sites excluding steroid dienone is 3. The number of carboxylic acid groups (broad SMARTS) is 1. The van der Waals surface area contributed by atoms with Crippen LogP contribution in [0.4, 0.5) is 0 Å². The summed E-state index contributed by atoms with van der Waals surface area (Å²) in [4.78, 5) is 38.6. The number of carbonyl (C=O) groups is 3. The number of carboxylic acids is 1. The summed E-state index contributed by atoms with van der Waals surface area (Å²) < 4.78 is 34.8. The normalized spacial score (nSPS) is 27.8. The molecule has 0 spiro atoms. The van der Waals surface area contributed by atoms with Crippen LogP contribution in [-0.2, 0) is 42.8 Å². The van der Waals surface area contributed by atoms with E-state index < -0.39 is 155 Å². The first-order valence-electron chi connectivity index (χ1n) is 37.2. The van der Waals surface area contributed by atoms with E-state index in [0.717, 1.165) is 51.9 Å². The van der Waals surface area contributed by atoms with Crippen LogP contribution in [0, 0.1) is 0 Å². The lowest BCUT2D eigenvalue weighted by Gasteiger charge is -2.50. The number of ether oxygens (including phenoxy) is 6. The minimum atomic E-state index is -3.08. The monoisotopic (exact) mass is 1360 g/mol. The molecule has 14 N–H and O–H groups in total. The van der Waals surface area contributed by atoms with Gasteiger partial charge in [0.15, 0.2) is 12.6 Å². The van der Waals surface area contributed by atoms with Crippen molar-refractivity contribution >= 4 is 17.8 Å². The summed E-state index contributed by atoms with van der Waals surface area (Å²) in [5.41, 5.74) is 0. The lowest BCUT2D eigenvalue weighted by atomic mass is 9.88. The smallest absolute Gasteiger partial charge is 0.364 e. The van der Waals surface area contributed by atoms with Gasteiger partial charge in [0.1, 0.15) is 67.1 Å². The molecule has 0 aromatic carbocycles. The van der Waals surface area contributed by atoms with Crippen molar-refractivity contribution in [2.24, 2.45) is 0 Å². The first-order valence-corrected chi connectivity index (χ1v) is 37.2. The fraction of sp³-hybridized carbons (Fsp3) is 0.903. The third kappa shape index (κ3) is 34.0. The van der Waals surface area contributed by atoms with Crippen molar-refractivity contribution in [3.05, 3.63) is 24.3 Å². The molecule has 2 amide bonds. The van der Waals surface area contributed by atoms with Crippen molar-refractivity contribution in [2.75, 3.05) is 26.4 Å². The Labute approximate surface area is 568 Å². The molecule has 0 saturated carbocycles. The van der Waals surface area contributed by atoms with Crippen LogP contribution in [0.15, 0.2) is 24.3 Å². The highest BCUT2D eigenvalue weighted by molar-refractivity contribution is 5.77. The number of amides is 2. The van der Waals surface area contributed by atoms with Crippen molar-refractivity contribution in [3.63, 3.8) is 0 Å². The zero-order chi connectivity index (χ0) is 69.6. The predicted molar refractivity (Wildman–Crippen MR) is 361 cm³/mol. The number of unbranched alkanes of at least 4 members (excludes halogenated alkanes) is 35. The fourth-order valence-corrected chi connectivity index (χ4v) is 12.9. The van der Waals surface area contributed by atoms with E-state index in [4.69, 9.17) is 28.4 Å². The van der Waals surface area contributed by atoms with Crippen molar-refractivity contribution in [1.82, 2.24) is 10.6 Å². The molecule has 0 aromatic heterocycles. The van der Waals surface area contributed by atoms with Gasteiger partial charge in [0.2, 0.25) is 11.8 Å². The Hall–Kier alpha value is -2.79. The third-order valence-corrected chi connectivity index (χ3v) is 18.9. The molecule has 18 unspecified atom stereocenters. The Morgan fingerprint density at radius 2 is 0.989 bits per heavy atom. The predicted octanol–water partition coefficient (Wildman–Crippen LogP) is 8.01. The number of rotatable bonds is 57. The molecular weight excluding hydrogens is 1230 g/mol. The molecule has 3 rings (SSSR count). The quantitative estimate of drug-likeness (QED) is 0.0202. The summed E-state index contributed by atoms with van der Waals surface area (Å²) in [6.45, 7) is 2.14. The minimum absolute atomic E-state index is 0.201. The lowest BCUT2D eigenvalue weighted by molar-refractivity contribution is -0.386. The first kappa shape index (κ1) is 86.4. The van der Waals surface area contributed by atoms with Gasteiger partial charge in [-0.1, -0.05) is 237 Å². The molecule has 3 saturated heterocycles. The number of aliphatic carboxylic acids is 1. The van der Waals surface area contributed by atoms with Gasteiger partial charge in [-0.3, -0.25) is 9.59 Å². The Morgan fingerprint density at radius 3 is 1.43 bits per heavy atom. The molecule has 3 aliphatic rings. The number of hydrogen-bond donors (Lipinski definition) is 14. The van der Waals surface area contributed by atoms with Crippen molar-refractivity contribution in [2.45, 2.75) is 387 Å². The average molecular weight is 1360 g/mol. The van der Waals surface area contributed by atoms with E-state index in [1.807, 2.05) is 6.08 Å². The zero-order valence-electron chi connectivity index (χ0n) is 58.3. The lowest BCUT2D eigenvalue weighted by Crippen LogP contribution is -2.70. The second-order valence-electron chi connectivity index (χ2n) is 27.2. The van der Waals surface area contributed by atoms with Crippen LogP contribution in [-0.4, -0.2) is 215 Å². The molecule has 3 fully saturated rings. The van der Waals surface area contributed by atoms with Crippen LogP contribution < -0.4 is 10.6 Å². The van der Waals surface area contributed by atoms with Crippen LogP contribution in [0.1, 0.15) is 278 Å². The summed E-state index contributed by atoms with van der Waals surface area (Å²) in [6, 6.07) is -2.62. The van der Waals surface area contributed by atoms with E-state index in [-0.39, 0.29) is 12.3 Å². The zero-order valence-corrected chi connectivity index (χ0v) is 58.3. The van der Waals surface area contributed by atoms with Gasteiger partial charge in [0.25, 0.3) is 5.79 Å². The molecule has 0 aromatic rings. The average Bonchev–Trinajstić information content (AvgIpc) is 0.758. The number of nitrogens with one attached hydrogen (secondary N) is 2. The number of aliphatic hydroxyl groups excluding tert-OH is 11. The van der Waals surface area contributed by atoms with Gasteiger partial charge >= 0.3 is 5.97 Å². The molecule has 0 bridgehead atoms. The van der Waals surface area contributed by atoms with E-state index in [9.17, 15) is 75.7 Å². The summed E-state index contributed by atoms with van der Waals surface area (Å²) >= 11 is 0. The maximum absolute atomic E-state index is 13.5. The highest BCUT2D eigenvalue weighted by atomic mass is 16.8. The van der Waals surface area contributed by atoms with Crippen molar-refractivity contribution in [3.8, 4) is 0 Å². The van der Waals surface area contributed by atoms with E-state index in [1.165, 1.54) is 186 Å². The molecular formula is C72H132N2O21. The van der Waals surface area contributed by atoms with Crippen LogP contribution in [0.25, 0.3) is 0 Å². The van der Waals surface area contributed by atoms with Gasteiger partial charge in [-0.05, 0) is 44.9 Å². The van der Waals surface area contributed by atoms with E-state index in [0.29, 0.717) is 12.8 Å². The maximum atomic E-state index is 13.5. The van der Waals surface area contributed by atoms with Crippen molar-refractivity contribution < 1.29 is 104 Å². The van der Waals surface area contributed by atoms with Crippen LogP contribution in [0.3, 0.4) is 0 Å². The standard InChI is InChI=1S/C72H132N2O21/c1-4-6-8-10-12-14-16-18-19-20-21-22-23-24-25-26-27-28-29-30-31-32-34-36-38-40-42-44-46-59(82)74-53(54(79)45-43-41-39-37-35-33-17-15-13-11-9-7-5-2)51-90-69-64(86)63(85)66(58(50-77)92-69)93-70-65(87)68(62(84)57(49-76)91-70)95-72(71(88)89)47-55(80)60(73-52(3)78)67(94-72)61(83)56(81)48-75/h24-25,43,45,53-58,60-70,75-77,79-81,83-87H,4-23,26-42,44,46-51H2,1-3H3,(H,73,78)(H,74,82)(H,88,89)/b25-24-,45-43+. The summed E-state index contributed by atoms with van der Waals surface area (Å²) in [5, 5.41) is 136. The Balaban J connectivity index is 1.51. The Kier molecular flexibility index (Phi) is 47.5. The molecule has 95 heavy (non-hydrogen) atoms. The van der Waals surface area contributed by atoms with Gasteiger partial charge in [0.05, 0.1) is 50.7 Å². The SMILES string of the molecule is CCCCCCCCCCCCC/C=C/C(O)C(COC1OC(CO)C(OC2OC(CO)C(O)C(OC3(C(=O)O)CC(O)C(NC(C)=O)C(C(O)C(O)CO)O3)C2O)C(O)C1O)NC(=O)CCCCCCCCCCCCCC/C=C\CCCCCCCCCCCCCC. The fourth-order valence-electron chi connectivity index (χ4n) is 12.9.